The zero-order chi connectivity index (χ0) is 17.8. The van der Waals surface area contributed by atoms with Crippen LogP contribution >= 0.6 is 11.6 Å². The van der Waals surface area contributed by atoms with Gasteiger partial charge in [-0.15, -0.1) is 0 Å². The molecule has 0 aliphatic carbocycles. The molecule has 0 saturated carbocycles. The first kappa shape index (κ1) is 17.0. The highest BCUT2D eigenvalue weighted by Crippen LogP contribution is 2.20. The van der Waals surface area contributed by atoms with Gasteiger partial charge in [0, 0.05) is 6.42 Å². The van der Waals surface area contributed by atoms with Gasteiger partial charge in [0.1, 0.15) is 6.04 Å². The summed E-state index contributed by atoms with van der Waals surface area (Å²) in [5, 5.41) is 5.12. The smallest absolute Gasteiger partial charge is 0.253 e. The third-order valence-electron chi connectivity index (χ3n) is 4.07. The summed E-state index contributed by atoms with van der Waals surface area (Å²) in [4.78, 5) is 24.3. The average molecular weight is 353 g/mol. The number of carbonyl (C=O) groups excluding carboxylic acids is 2. The number of rotatable bonds is 5. The van der Waals surface area contributed by atoms with Crippen molar-refractivity contribution < 1.29 is 9.59 Å². The molecule has 0 unspecified atom stereocenters. The van der Waals surface area contributed by atoms with Crippen molar-refractivity contribution in [1.82, 2.24) is 5.32 Å². The maximum Gasteiger partial charge on any atom is 0.253 e. The van der Waals surface area contributed by atoms with Crippen molar-refractivity contribution in [2.75, 3.05) is 0 Å². The summed E-state index contributed by atoms with van der Waals surface area (Å²) < 4.78 is 0. The molecule has 0 fully saturated rings. The Hall–Kier alpha value is -2.85. The molecular formula is C20H17ClN2O2. The molecule has 0 radical (unpaired) electrons. The van der Waals surface area contributed by atoms with Crippen molar-refractivity contribution in [2.24, 2.45) is 5.73 Å². The molecule has 0 aliphatic heterocycles. The summed E-state index contributed by atoms with van der Waals surface area (Å²) in [5.41, 5.74) is 6.77. The van der Waals surface area contributed by atoms with E-state index in [-0.39, 0.29) is 0 Å². The van der Waals surface area contributed by atoms with Crippen molar-refractivity contribution in [2.45, 2.75) is 12.5 Å². The third kappa shape index (κ3) is 3.80. The maximum atomic E-state index is 12.4. The largest absolute Gasteiger partial charge is 0.368 e. The van der Waals surface area contributed by atoms with Crippen molar-refractivity contribution >= 4 is 34.2 Å². The van der Waals surface area contributed by atoms with Gasteiger partial charge in [0.25, 0.3) is 5.91 Å². The van der Waals surface area contributed by atoms with Crippen LogP contribution in [0.5, 0.6) is 0 Å². The molecule has 3 rings (SSSR count). The Kier molecular flexibility index (Phi) is 5.00. The van der Waals surface area contributed by atoms with E-state index < -0.39 is 17.9 Å². The van der Waals surface area contributed by atoms with E-state index in [1.807, 2.05) is 42.5 Å². The van der Waals surface area contributed by atoms with E-state index in [0.717, 1.165) is 16.3 Å². The molecule has 0 bridgehead atoms. The van der Waals surface area contributed by atoms with Crippen LogP contribution in [0, 0.1) is 0 Å². The molecule has 126 valence electrons. The average Bonchev–Trinajstić information content (AvgIpc) is 2.61. The summed E-state index contributed by atoms with van der Waals surface area (Å²) in [6.07, 6.45) is 0.312. The first-order chi connectivity index (χ1) is 12.1. The Bertz CT molecular complexity index is 934. The van der Waals surface area contributed by atoms with Gasteiger partial charge in [-0.05, 0) is 28.5 Å². The zero-order valence-corrected chi connectivity index (χ0v) is 14.2. The minimum Gasteiger partial charge on any atom is -0.368 e. The van der Waals surface area contributed by atoms with E-state index in [1.54, 1.807) is 24.3 Å². The molecule has 2 amide bonds. The molecule has 0 heterocycles. The van der Waals surface area contributed by atoms with E-state index in [4.69, 9.17) is 17.3 Å². The van der Waals surface area contributed by atoms with E-state index in [9.17, 15) is 9.59 Å². The van der Waals surface area contributed by atoms with E-state index in [0.29, 0.717) is 17.0 Å². The highest BCUT2D eigenvalue weighted by molar-refractivity contribution is 6.33. The summed E-state index contributed by atoms with van der Waals surface area (Å²) in [7, 11) is 0. The molecule has 3 N–H and O–H groups in total. The van der Waals surface area contributed by atoms with Crippen molar-refractivity contribution in [1.29, 1.82) is 0 Å². The molecule has 4 nitrogen and oxygen atoms in total. The topological polar surface area (TPSA) is 72.2 Å². The van der Waals surface area contributed by atoms with Crippen LogP contribution in [-0.4, -0.2) is 17.9 Å². The zero-order valence-electron chi connectivity index (χ0n) is 13.4. The lowest BCUT2D eigenvalue weighted by molar-refractivity contribution is -0.119. The fourth-order valence-corrected chi connectivity index (χ4v) is 3.02. The molecule has 0 aliphatic rings. The highest BCUT2D eigenvalue weighted by Gasteiger charge is 2.21. The van der Waals surface area contributed by atoms with Crippen LogP contribution in [-0.2, 0) is 11.2 Å². The van der Waals surface area contributed by atoms with Crippen LogP contribution in [0.2, 0.25) is 5.02 Å². The number of nitrogens with one attached hydrogen (secondary N) is 1. The molecule has 0 aromatic heterocycles. The number of hydrogen-bond donors (Lipinski definition) is 2. The van der Waals surface area contributed by atoms with Gasteiger partial charge in [-0.2, -0.15) is 0 Å². The van der Waals surface area contributed by atoms with Gasteiger partial charge >= 0.3 is 0 Å². The van der Waals surface area contributed by atoms with Crippen molar-refractivity contribution in [3.05, 3.63) is 82.9 Å². The second-order valence-corrected chi connectivity index (χ2v) is 6.16. The number of nitrogens with two attached hydrogens (primary N) is 1. The monoisotopic (exact) mass is 352 g/mol. The molecule has 25 heavy (non-hydrogen) atoms. The standard InChI is InChI=1S/C20H17ClN2O2/c21-17-11-4-3-10-16(17)20(25)23-18(19(22)24)12-14-8-5-7-13-6-1-2-9-15(13)14/h1-11,18H,12H2,(H2,22,24)(H,23,25)/t18-/m0/s1. The first-order valence-electron chi connectivity index (χ1n) is 7.87. The lowest BCUT2D eigenvalue weighted by Crippen LogP contribution is -2.46. The van der Waals surface area contributed by atoms with Gasteiger partial charge in [0.2, 0.25) is 5.91 Å². The SMILES string of the molecule is NC(=O)[C@H](Cc1cccc2ccccc12)NC(=O)c1ccccc1Cl. The lowest BCUT2D eigenvalue weighted by atomic mass is 9.98. The number of amides is 2. The number of hydrogen-bond acceptors (Lipinski definition) is 2. The van der Waals surface area contributed by atoms with E-state index >= 15 is 0 Å². The quantitative estimate of drug-likeness (QED) is 0.739. The molecule has 1 atom stereocenters. The molecule has 0 spiro atoms. The van der Waals surface area contributed by atoms with Gasteiger partial charge < -0.3 is 11.1 Å². The fraction of sp³-hybridized carbons (Fsp3) is 0.100. The second-order valence-electron chi connectivity index (χ2n) is 5.75. The Morgan fingerprint density at radius 3 is 2.40 bits per heavy atom. The summed E-state index contributed by atoms with van der Waals surface area (Å²) in [5.74, 6) is -1.01. The van der Waals surface area contributed by atoms with Crippen LogP contribution < -0.4 is 11.1 Å². The Morgan fingerprint density at radius 1 is 0.960 bits per heavy atom. The molecule has 3 aromatic carbocycles. The van der Waals surface area contributed by atoms with Crippen LogP contribution in [0.25, 0.3) is 10.8 Å². The Labute approximate surface area is 150 Å². The molecule has 3 aromatic rings. The Balaban J connectivity index is 1.86. The van der Waals surface area contributed by atoms with Gasteiger partial charge in [0.15, 0.2) is 0 Å². The minimum atomic E-state index is -0.824. The van der Waals surface area contributed by atoms with Gasteiger partial charge in [-0.1, -0.05) is 66.2 Å². The van der Waals surface area contributed by atoms with E-state index in [2.05, 4.69) is 5.32 Å². The second kappa shape index (κ2) is 7.36. The predicted octanol–water partition coefficient (Wildman–Crippen LogP) is 3.32. The molecule has 0 saturated heterocycles. The number of primary amides is 1. The van der Waals surface area contributed by atoms with Crippen LogP contribution in [0.4, 0.5) is 0 Å². The summed E-state index contributed by atoms with van der Waals surface area (Å²) in [6.45, 7) is 0. The number of halogens is 1. The molecule has 5 heteroatoms. The van der Waals surface area contributed by atoms with Gasteiger partial charge in [0.05, 0.1) is 10.6 Å². The summed E-state index contributed by atoms with van der Waals surface area (Å²) >= 11 is 6.04. The number of carbonyl (C=O) groups is 2. The van der Waals surface area contributed by atoms with Crippen molar-refractivity contribution in [3.63, 3.8) is 0 Å². The van der Waals surface area contributed by atoms with E-state index in [1.165, 1.54) is 0 Å². The van der Waals surface area contributed by atoms with Gasteiger partial charge in [-0.3, -0.25) is 9.59 Å². The van der Waals surface area contributed by atoms with Crippen LogP contribution in [0.3, 0.4) is 0 Å². The van der Waals surface area contributed by atoms with Gasteiger partial charge in [-0.25, -0.2) is 0 Å². The Morgan fingerprint density at radius 2 is 1.64 bits per heavy atom. The number of benzene rings is 3. The summed E-state index contributed by atoms with van der Waals surface area (Å²) in [6, 6.07) is 19.6. The predicted molar refractivity (Wildman–Crippen MR) is 99.6 cm³/mol. The first-order valence-corrected chi connectivity index (χ1v) is 8.25. The fourth-order valence-electron chi connectivity index (χ4n) is 2.79. The lowest BCUT2D eigenvalue weighted by Gasteiger charge is -2.17. The normalized spacial score (nSPS) is 11.9. The van der Waals surface area contributed by atoms with Crippen molar-refractivity contribution in [3.8, 4) is 0 Å². The third-order valence-corrected chi connectivity index (χ3v) is 4.40. The molecular weight excluding hydrogens is 336 g/mol. The minimum absolute atomic E-state index is 0.312. The van der Waals surface area contributed by atoms with Crippen LogP contribution in [0.15, 0.2) is 66.7 Å². The number of fused-ring (bicyclic) bond motifs is 1. The highest BCUT2D eigenvalue weighted by atomic mass is 35.5. The van der Waals surface area contributed by atoms with Crippen LogP contribution in [0.1, 0.15) is 15.9 Å². The maximum absolute atomic E-state index is 12.4.